The molecule has 0 radical (unpaired) electrons. The van der Waals surface area contributed by atoms with Gasteiger partial charge in [-0.15, -0.1) is 11.3 Å². The van der Waals surface area contributed by atoms with Crippen LogP contribution in [0.25, 0.3) is 21.3 Å². The molecular formula is C21H17N3O3S. The normalized spacial score (nSPS) is 10.8. The fourth-order valence-corrected chi connectivity index (χ4v) is 3.70. The van der Waals surface area contributed by atoms with Crippen LogP contribution >= 0.6 is 11.3 Å². The van der Waals surface area contributed by atoms with E-state index in [0.29, 0.717) is 22.5 Å². The van der Waals surface area contributed by atoms with E-state index in [9.17, 15) is 9.59 Å². The molecule has 2 aromatic heterocycles. The van der Waals surface area contributed by atoms with Gasteiger partial charge in [0.1, 0.15) is 18.0 Å². The van der Waals surface area contributed by atoms with Crippen LogP contribution in [-0.2, 0) is 11.3 Å². The summed E-state index contributed by atoms with van der Waals surface area (Å²) in [5.74, 6) is 0.300. The van der Waals surface area contributed by atoms with Crippen molar-refractivity contribution in [3.63, 3.8) is 0 Å². The van der Waals surface area contributed by atoms with Crippen molar-refractivity contribution in [1.29, 1.82) is 0 Å². The van der Waals surface area contributed by atoms with Gasteiger partial charge in [0.2, 0.25) is 5.91 Å². The predicted octanol–water partition coefficient (Wildman–Crippen LogP) is 3.77. The molecule has 28 heavy (non-hydrogen) atoms. The molecule has 2 heterocycles. The Morgan fingerprint density at radius 3 is 2.68 bits per heavy atom. The molecule has 7 heteroatoms. The molecule has 0 saturated heterocycles. The minimum atomic E-state index is -0.338. The van der Waals surface area contributed by atoms with E-state index < -0.39 is 0 Å². The number of rotatable bonds is 5. The maximum atomic E-state index is 12.8. The number of carbonyl (C=O) groups is 1. The highest BCUT2D eigenvalue weighted by atomic mass is 32.1. The van der Waals surface area contributed by atoms with Crippen LogP contribution in [0.3, 0.4) is 0 Å². The zero-order chi connectivity index (χ0) is 19.5. The predicted molar refractivity (Wildman–Crippen MR) is 111 cm³/mol. The molecule has 0 bridgehead atoms. The molecule has 1 N–H and O–H groups in total. The summed E-state index contributed by atoms with van der Waals surface area (Å²) >= 11 is 1.54. The van der Waals surface area contributed by atoms with Crippen LogP contribution in [0.5, 0.6) is 5.75 Å². The molecule has 6 nitrogen and oxygen atoms in total. The molecular weight excluding hydrogens is 374 g/mol. The number of carbonyl (C=O) groups excluding carboxylic acids is 1. The topological polar surface area (TPSA) is 73.2 Å². The molecule has 0 spiro atoms. The first kappa shape index (κ1) is 17.9. The average molecular weight is 391 g/mol. The van der Waals surface area contributed by atoms with Crippen molar-refractivity contribution in [2.24, 2.45) is 0 Å². The first-order chi connectivity index (χ1) is 13.7. The molecule has 4 rings (SSSR count). The van der Waals surface area contributed by atoms with E-state index in [2.05, 4.69) is 10.4 Å². The van der Waals surface area contributed by atoms with Crippen LogP contribution in [0.4, 0.5) is 5.69 Å². The van der Waals surface area contributed by atoms with E-state index in [1.54, 1.807) is 37.4 Å². The van der Waals surface area contributed by atoms with Crippen molar-refractivity contribution < 1.29 is 9.53 Å². The highest BCUT2D eigenvalue weighted by Crippen LogP contribution is 2.28. The van der Waals surface area contributed by atoms with Gasteiger partial charge in [0.05, 0.1) is 17.4 Å². The number of hydrogen-bond donors (Lipinski definition) is 1. The fourth-order valence-electron chi connectivity index (χ4n) is 2.97. The van der Waals surface area contributed by atoms with Gasteiger partial charge < -0.3 is 10.1 Å². The van der Waals surface area contributed by atoms with Gasteiger partial charge in [0.15, 0.2) is 0 Å². The number of thiophene rings is 1. The number of nitrogens with one attached hydrogen (secondary N) is 1. The van der Waals surface area contributed by atoms with Gasteiger partial charge in [0.25, 0.3) is 5.56 Å². The van der Waals surface area contributed by atoms with Gasteiger partial charge in [-0.2, -0.15) is 5.10 Å². The minimum absolute atomic E-state index is 0.181. The van der Waals surface area contributed by atoms with Gasteiger partial charge in [-0.3, -0.25) is 9.59 Å². The Kier molecular flexibility index (Phi) is 4.90. The summed E-state index contributed by atoms with van der Waals surface area (Å²) in [6.45, 7) is -0.181. The molecule has 0 saturated carbocycles. The first-order valence-electron chi connectivity index (χ1n) is 8.63. The van der Waals surface area contributed by atoms with Crippen molar-refractivity contribution in [2.75, 3.05) is 12.4 Å². The first-order valence-corrected chi connectivity index (χ1v) is 9.51. The molecule has 1 amide bonds. The fraction of sp³-hybridized carbons (Fsp3) is 0.0952. The Balaban J connectivity index is 1.69. The summed E-state index contributed by atoms with van der Waals surface area (Å²) in [5.41, 5.74) is 0.993. The standard InChI is InChI=1S/C21H17N3O3S/c1-27-15-7-4-6-14(12-15)22-19(25)13-24-21(26)17-9-3-2-8-16(17)20(23-24)18-10-5-11-28-18/h2-12H,13H2,1H3,(H,22,25). The lowest BCUT2D eigenvalue weighted by molar-refractivity contribution is -0.117. The van der Waals surface area contributed by atoms with E-state index in [1.807, 2.05) is 35.7 Å². The molecule has 0 aliphatic rings. The van der Waals surface area contributed by atoms with E-state index in [-0.39, 0.29) is 18.0 Å². The molecule has 2 aromatic carbocycles. The highest BCUT2D eigenvalue weighted by Gasteiger charge is 2.15. The molecule has 0 aliphatic heterocycles. The zero-order valence-electron chi connectivity index (χ0n) is 15.1. The van der Waals surface area contributed by atoms with Crippen molar-refractivity contribution in [3.8, 4) is 16.3 Å². The van der Waals surface area contributed by atoms with Crippen LogP contribution in [0.2, 0.25) is 0 Å². The van der Waals surface area contributed by atoms with Crippen LogP contribution in [0.15, 0.2) is 70.8 Å². The Hall–Kier alpha value is -3.45. The molecule has 0 fully saturated rings. The number of hydrogen-bond acceptors (Lipinski definition) is 5. The highest BCUT2D eigenvalue weighted by molar-refractivity contribution is 7.13. The van der Waals surface area contributed by atoms with Crippen LogP contribution < -0.4 is 15.6 Å². The number of methoxy groups -OCH3 is 1. The Bertz CT molecular complexity index is 1200. The second-order valence-corrected chi connectivity index (χ2v) is 7.06. The smallest absolute Gasteiger partial charge is 0.275 e. The third-order valence-corrected chi connectivity index (χ3v) is 5.15. The van der Waals surface area contributed by atoms with Gasteiger partial charge in [-0.05, 0) is 29.6 Å². The van der Waals surface area contributed by atoms with E-state index in [0.717, 1.165) is 10.3 Å². The SMILES string of the molecule is COc1cccc(NC(=O)Cn2nc(-c3cccs3)c3ccccc3c2=O)c1. The summed E-state index contributed by atoms with van der Waals surface area (Å²) in [6.07, 6.45) is 0. The molecule has 0 unspecified atom stereocenters. The summed E-state index contributed by atoms with van der Waals surface area (Å²) in [4.78, 5) is 26.3. The lowest BCUT2D eigenvalue weighted by Gasteiger charge is -2.11. The molecule has 0 aliphatic carbocycles. The van der Waals surface area contributed by atoms with E-state index in [1.165, 1.54) is 16.0 Å². The largest absolute Gasteiger partial charge is 0.497 e. The van der Waals surface area contributed by atoms with Gasteiger partial charge in [-0.1, -0.05) is 30.3 Å². The van der Waals surface area contributed by atoms with Crippen LogP contribution in [-0.4, -0.2) is 22.8 Å². The molecule has 0 atom stereocenters. The van der Waals surface area contributed by atoms with Gasteiger partial charge in [-0.25, -0.2) is 4.68 Å². The third-order valence-electron chi connectivity index (χ3n) is 4.27. The van der Waals surface area contributed by atoms with Crippen molar-refractivity contribution in [3.05, 3.63) is 76.4 Å². The van der Waals surface area contributed by atoms with Crippen LogP contribution in [0.1, 0.15) is 0 Å². The van der Waals surface area contributed by atoms with Gasteiger partial charge in [0, 0.05) is 17.1 Å². The van der Waals surface area contributed by atoms with Crippen molar-refractivity contribution in [1.82, 2.24) is 9.78 Å². The Morgan fingerprint density at radius 2 is 1.93 bits per heavy atom. The van der Waals surface area contributed by atoms with Gasteiger partial charge >= 0.3 is 0 Å². The third kappa shape index (κ3) is 3.52. The summed E-state index contributed by atoms with van der Waals surface area (Å²) in [5, 5.41) is 10.5. The Labute approximate surface area is 165 Å². The Morgan fingerprint density at radius 1 is 1.11 bits per heavy atom. The number of aromatic nitrogens is 2. The average Bonchev–Trinajstić information content (AvgIpc) is 3.25. The lowest BCUT2D eigenvalue weighted by atomic mass is 10.1. The second kappa shape index (κ2) is 7.66. The van der Waals surface area contributed by atoms with Crippen molar-refractivity contribution >= 4 is 33.7 Å². The number of amides is 1. The zero-order valence-corrected chi connectivity index (χ0v) is 15.9. The number of anilines is 1. The monoisotopic (exact) mass is 391 g/mol. The minimum Gasteiger partial charge on any atom is -0.497 e. The molecule has 140 valence electrons. The maximum Gasteiger partial charge on any atom is 0.275 e. The van der Waals surface area contributed by atoms with E-state index in [4.69, 9.17) is 4.74 Å². The summed E-state index contributed by atoms with van der Waals surface area (Å²) < 4.78 is 6.38. The summed E-state index contributed by atoms with van der Waals surface area (Å²) in [7, 11) is 1.56. The van der Waals surface area contributed by atoms with E-state index >= 15 is 0 Å². The quantitative estimate of drug-likeness (QED) is 0.562. The number of nitrogens with zero attached hydrogens (tertiary/aromatic N) is 2. The van der Waals surface area contributed by atoms with Crippen LogP contribution in [0, 0.1) is 0 Å². The number of fused-ring (bicyclic) bond motifs is 1. The number of benzene rings is 2. The second-order valence-electron chi connectivity index (χ2n) is 6.11. The summed E-state index contributed by atoms with van der Waals surface area (Å²) in [6, 6.07) is 18.2. The lowest BCUT2D eigenvalue weighted by Crippen LogP contribution is -2.30. The number of ether oxygens (including phenoxy) is 1. The van der Waals surface area contributed by atoms with Crippen molar-refractivity contribution in [2.45, 2.75) is 6.54 Å². The molecule has 4 aromatic rings. The maximum absolute atomic E-state index is 12.8.